The molecule has 20 heavy (non-hydrogen) atoms. The molecule has 0 atom stereocenters. The van der Waals surface area contributed by atoms with Crippen LogP contribution in [-0.2, 0) is 6.54 Å². The molecular weight excluding hydrogens is 302 g/mol. The summed E-state index contributed by atoms with van der Waals surface area (Å²) in [7, 11) is 0. The van der Waals surface area contributed by atoms with Crippen LogP contribution in [0.5, 0.6) is 0 Å². The highest BCUT2D eigenvalue weighted by Gasteiger charge is 2.23. The Morgan fingerprint density at radius 3 is 2.70 bits per heavy atom. The molecule has 0 saturated carbocycles. The number of halogens is 1. The maximum atomic E-state index is 11.0. The van der Waals surface area contributed by atoms with Gasteiger partial charge in [0.2, 0.25) is 11.0 Å². The number of hydrogen-bond acceptors (Lipinski definition) is 7. The summed E-state index contributed by atoms with van der Waals surface area (Å²) in [5, 5.41) is 14.1. The lowest BCUT2D eigenvalue weighted by atomic mass is 10.3. The second-order valence-corrected chi connectivity index (χ2v) is 4.80. The molecule has 7 nitrogen and oxygen atoms in total. The van der Waals surface area contributed by atoms with Crippen LogP contribution in [0.4, 0.5) is 11.5 Å². The molecule has 0 fully saturated rings. The minimum Gasteiger partial charge on any atom is -0.360 e. The summed E-state index contributed by atoms with van der Waals surface area (Å²) in [5.74, 6) is 0.108. The second kappa shape index (κ2) is 6.49. The second-order valence-electron chi connectivity index (χ2n) is 3.66. The van der Waals surface area contributed by atoms with E-state index in [1.165, 1.54) is 11.8 Å². The maximum Gasteiger partial charge on any atom is 0.348 e. The molecule has 2 rings (SSSR count). The fraction of sp³-hybridized carbons (Fsp3) is 0.182. The van der Waals surface area contributed by atoms with Crippen LogP contribution in [0.25, 0.3) is 0 Å². The summed E-state index contributed by atoms with van der Waals surface area (Å²) >= 11 is 7.09. The lowest BCUT2D eigenvalue weighted by Gasteiger charge is -2.08. The summed E-state index contributed by atoms with van der Waals surface area (Å²) in [6.07, 6.45) is 5.06. The number of hydrogen-bond donors (Lipinski definition) is 1. The fourth-order valence-electron chi connectivity index (χ4n) is 1.47. The summed E-state index contributed by atoms with van der Waals surface area (Å²) in [4.78, 5) is 22.3. The first-order valence-corrected chi connectivity index (χ1v) is 7.10. The average Bonchev–Trinajstić information content (AvgIpc) is 2.45. The van der Waals surface area contributed by atoms with Crippen molar-refractivity contribution >= 4 is 34.9 Å². The van der Waals surface area contributed by atoms with Gasteiger partial charge < -0.3 is 5.32 Å². The van der Waals surface area contributed by atoms with Gasteiger partial charge in [-0.25, -0.2) is 4.98 Å². The predicted octanol–water partition coefficient (Wildman–Crippen LogP) is 2.77. The van der Waals surface area contributed by atoms with Crippen LogP contribution in [0.15, 0.2) is 29.7 Å². The van der Waals surface area contributed by atoms with Gasteiger partial charge in [0.1, 0.15) is 0 Å². The van der Waals surface area contributed by atoms with Crippen LogP contribution in [-0.4, -0.2) is 26.1 Å². The fourth-order valence-corrected chi connectivity index (χ4v) is 2.12. The van der Waals surface area contributed by atoms with Gasteiger partial charge in [-0.2, -0.15) is 4.98 Å². The van der Waals surface area contributed by atoms with E-state index >= 15 is 0 Å². The van der Waals surface area contributed by atoms with Gasteiger partial charge in [0.15, 0.2) is 5.16 Å². The quantitative estimate of drug-likeness (QED) is 0.298. The first-order chi connectivity index (χ1) is 9.61. The van der Waals surface area contributed by atoms with Gasteiger partial charge in [0.25, 0.3) is 0 Å². The van der Waals surface area contributed by atoms with Gasteiger partial charge in [-0.1, -0.05) is 23.4 Å². The summed E-state index contributed by atoms with van der Waals surface area (Å²) in [5.41, 5.74) is 0.605. The first-order valence-electron chi connectivity index (χ1n) is 5.50. The Bertz CT molecular complexity index is 626. The molecule has 2 heterocycles. The monoisotopic (exact) mass is 311 g/mol. The third-order valence-corrected chi connectivity index (χ3v) is 3.21. The molecule has 0 spiro atoms. The van der Waals surface area contributed by atoms with Gasteiger partial charge in [0.05, 0.1) is 4.92 Å². The molecule has 0 aromatic carbocycles. The maximum absolute atomic E-state index is 11.0. The minimum absolute atomic E-state index is 0.108. The van der Waals surface area contributed by atoms with Crippen molar-refractivity contribution in [3.63, 3.8) is 0 Å². The van der Waals surface area contributed by atoms with Crippen molar-refractivity contribution in [3.8, 4) is 0 Å². The van der Waals surface area contributed by atoms with Crippen molar-refractivity contribution in [2.45, 2.75) is 11.7 Å². The van der Waals surface area contributed by atoms with E-state index in [0.717, 1.165) is 5.56 Å². The molecule has 0 aliphatic rings. The smallest absolute Gasteiger partial charge is 0.348 e. The van der Waals surface area contributed by atoms with Crippen LogP contribution < -0.4 is 5.32 Å². The van der Waals surface area contributed by atoms with Crippen molar-refractivity contribution in [2.24, 2.45) is 0 Å². The predicted molar refractivity (Wildman–Crippen MR) is 77.0 cm³/mol. The molecule has 0 saturated heterocycles. The van der Waals surface area contributed by atoms with E-state index < -0.39 is 4.92 Å². The van der Waals surface area contributed by atoms with Crippen LogP contribution in [0, 0.1) is 10.1 Å². The van der Waals surface area contributed by atoms with Crippen LogP contribution in [0.3, 0.4) is 0 Å². The van der Waals surface area contributed by atoms with Gasteiger partial charge >= 0.3 is 5.69 Å². The van der Waals surface area contributed by atoms with Crippen molar-refractivity contribution < 1.29 is 4.92 Å². The zero-order valence-electron chi connectivity index (χ0n) is 10.4. The molecule has 104 valence electrons. The number of anilines is 1. The standard InChI is InChI=1S/C11H10ClN5O2S/c1-20-11-15-9(12)8(17(18)19)10(16-11)14-6-7-2-4-13-5-3-7/h2-5H,6H2,1H3,(H,14,15,16). The highest BCUT2D eigenvalue weighted by molar-refractivity contribution is 7.98. The normalized spacial score (nSPS) is 10.3. The number of nitro groups is 1. The van der Waals surface area contributed by atoms with Crippen LogP contribution in [0.1, 0.15) is 5.56 Å². The molecule has 2 aromatic heterocycles. The Balaban J connectivity index is 2.29. The molecule has 2 aromatic rings. The molecule has 0 bridgehead atoms. The molecule has 0 aliphatic heterocycles. The molecule has 0 amide bonds. The van der Waals surface area contributed by atoms with Crippen molar-refractivity contribution in [2.75, 3.05) is 11.6 Å². The Morgan fingerprint density at radius 1 is 1.40 bits per heavy atom. The van der Waals surface area contributed by atoms with Crippen LogP contribution in [0.2, 0.25) is 5.15 Å². The van der Waals surface area contributed by atoms with Crippen molar-refractivity contribution in [1.82, 2.24) is 15.0 Å². The lowest BCUT2D eigenvalue weighted by Crippen LogP contribution is -2.07. The topological polar surface area (TPSA) is 93.8 Å². The summed E-state index contributed by atoms with van der Waals surface area (Å²) in [6.45, 7) is 0.379. The number of nitrogens with one attached hydrogen (secondary N) is 1. The van der Waals surface area contributed by atoms with E-state index in [0.29, 0.717) is 11.7 Å². The number of thioether (sulfide) groups is 1. The number of nitrogens with zero attached hydrogens (tertiary/aromatic N) is 4. The molecular formula is C11H10ClN5O2S. The third kappa shape index (κ3) is 3.34. The summed E-state index contributed by atoms with van der Waals surface area (Å²) in [6, 6.07) is 3.61. The zero-order chi connectivity index (χ0) is 14.5. The molecule has 1 N–H and O–H groups in total. The number of rotatable bonds is 5. The Morgan fingerprint density at radius 2 is 2.10 bits per heavy atom. The van der Waals surface area contributed by atoms with E-state index in [-0.39, 0.29) is 16.7 Å². The first kappa shape index (κ1) is 14.5. The van der Waals surface area contributed by atoms with E-state index in [9.17, 15) is 10.1 Å². The molecule has 0 unspecified atom stereocenters. The van der Waals surface area contributed by atoms with Crippen molar-refractivity contribution in [3.05, 3.63) is 45.4 Å². The minimum atomic E-state index is -0.596. The van der Waals surface area contributed by atoms with E-state index in [2.05, 4.69) is 20.3 Å². The van der Waals surface area contributed by atoms with E-state index in [4.69, 9.17) is 11.6 Å². The Labute approximate surface area is 124 Å². The Kier molecular flexibility index (Phi) is 4.70. The third-order valence-electron chi connectivity index (χ3n) is 2.40. The van der Waals surface area contributed by atoms with Gasteiger partial charge in [-0.3, -0.25) is 15.1 Å². The summed E-state index contributed by atoms with van der Waals surface area (Å²) < 4.78 is 0. The largest absolute Gasteiger partial charge is 0.360 e. The molecule has 0 radical (unpaired) electrons. The average molecular weight is 312 g/mol. The van der Waals surface area contributed by atoms with Crippen LogP contribution >= 0.6 is 23.4 Å². The zero-order valence-corrected chi connectivity index (χ0v) is 12.0. The SMILES string of the molecule is CSc1nc(Cl)c([N+](=O)[O-])c(NCc2ccncc2)n1. The highest BCUT2D eigenvalue weighted by Crippen LogP contribution is 2.31. The van der Waals surface area contributed by atoms with E-state index in [1.54, 1.807) is 30.8 Å². The molecule has 9 heteroatoms. The molecule has 0 aliphatic carbocycles. The highest BCUT2D eigenvalue weighted by atomic mass is 35.5. The number of aromatic nitrogens is 3. The van der Waals surface area contributed by atoms with Gasteiger partial charge in [-0.15, -0.1) is 0 Å². The van der Waals surface area contributed by atoms with Crippen molar-refractivity contribution in [1.29, 1.82) is 0 Å². The van der Waals surface area contributed by atoms with Gasteiger partial charge in [0, 0.05) is 18.9 Å². The lowest BCUT2D eigenvalue weighted by molar-refractivity contribution is -0.384. The van der Waals surface area contributed by atoms with Gasteiger partial charge in [-0.05, 0) is 24.0 Å². The number of pyridine rings is 1. The Hall–Kier alpha value is -1.93. The van der Waals surface area contributed by atoms with E-state index in [1.807, 2.05) is 0 Å².